The third-order valence-corrected chi connectivity index (χ3v) is 5.29. The fraction of sp³-hybridized carbons (Fsp3) is 0.0870. The van der Waals surface area contributed by atoms with Gasteiger partial charge in [-0.3, -0.25) is 4.79 Å². The van der Waals surface area contributed by atoms with Crippen LogP contribution in [0.3, 0.4) is 0 Å². The van der Waals surface area contributed by atoms with Crippen molar-refractivity contribution in [3.8, 4) is 0 Å². The first-order valence-corrected chi connectivity index (χ1v) is 10.1. The summed E-state index contributed by atoms with van der Waals surface area (Å²) in [6.45, 7) is 0. The van der Waals surface area contributed by atoms with Crippen LogP contribution in [-0.2, 0) is 12.8 Å². The van der Waals surface area contributed by atoms with Gasteiger partial charge in [-0.15, -0.1) is 0 Å². The summed E-state index contributed by atoms with van der Waals surface area (Å²) >= 11 is 6.31. The van der Waals surface area contributed by atoms with Crippen LogP contribution >= 0.6 is 11.6 Å². The van der Waals surface area contributed by atoms with Gasteiger partial charge < -0.3 is 20.4 Å². The molecular weight excluding hydrogens is 414 g/mol. The van der Waals surface area contributed by atoms with Crippen molar-refractivity contribution >= 4 is 46.3 Å². The molecule has 3 heterocycles. The summed E-state index contributed by atoms with van der Waals surface area (Å²) in [5.74, 6) is 0.728. The minimum atomic E-state index is -0.219. The number of aromatic nitrogens is 2. The van der Waals surface area contributed by atoms with Gasteiger partial charge in [-0.25, -0.2) is 4.98 Å². The molecule has 4 aromatic rings. The molecule has 0 aliphatic carbocycles. The van der Waals surface area contributed by atoms with Crippen molar-refractivity contribution in [2.45, 2.75) is 12.8 Å². The monoisotopic (exact) mass is 431 g/mol. The molecule has 1 aliphatic rings. The van der Waals surface area contributed by atoms with Gasteiger partial charge >= 0.3 is 0 Å². The number of aryl methyl sites for hydroxylation is 2. The molecule has 0 radical (unpaired) electrons. The van der Waals surface area contributed by atoms with Gasteiger partial charge in [-0.05, 0) is 60.4 Å². The Bertz CT molecular complexity index is 1260. The minimum Gasteiger partial charge on any atom is -0.472 e. The summed E-state index contributed by atoms with van der Waals surface area (Å²) < 4.78 is 5.02. The van der Waals surface area contributed by atoms with E-state index in [2.05, 4.69) is 38.1 Å². The topological polar surface area (TPSA) is 92.1 Å². The standard InChI is InChI=1S/C23H18ClN5O2/c24-19-12-25-23-27-17-3-1-2-14(10-17)4-5-15-11-18(26-21(19)29-23)6-7-20(15)28-22(30)16-8-9-31-13-16/h1-3,6-13H,4-5H2,(H,28,30)(H2,25,26,27,29). The Morgan fingerprint density at radius 3 is 2.84 bits per heavy atom. The number of nitrogens with zero attached hydrogens (tertiary/aromatic N) is 2. The number of anilines is 5. The zero-order chi connectivity index (χ0) is 21.2. The van der Waals surface area contributed by atoms with Gasteiger partial charge in [-0.2, -0.15) is 4.98 Å². The first-order chi connectivity index (χ1) is 15.1. The molecule has 3 N–H and O–H groups in total. The van der Waals surface area contributed by atoms with E-state index in [0.717, 1.165) is 41.0 Å². The van der Waals surface area contributed by atoms with Gasteiger partial charge in [0.05, 0.1) is 18.0 Å². The van der Waals surface area contributed by atoms with E-state index >= 15 is 0 Å². The molecule has 0 atom stereocenters. The summed E-state index contributed by atoms with van der Waals surface area (Å²) in [6, 6.07) is 15.5. The average molecular weight is 432 g/mol. The predicted molar refractivity (Wildman–Crippen MR) is 121 cm³/mol. The van der Waals surface area contributed by atoms with Crippen LogP contribution in [0.1, 0.15) is 21.5 Å². The quantitative estimate of drug-likeness (QED) is 0.384. The Kier molecular flexibility index (Phi) is 5.01. The number of carbonyl (C=O) groups excluding carboxylic acids is 1. The lowest BCUT2D eigenvalue weighted by atomic mass is 10.0. The summed E-state index contributed by atoms with van der Waals surface area (Å²) in [7, 11) is 0. The summed E-state index contributed by atoms with van der Waals surface area (Å²) in [5.41, 5.74) is 5.07. The van der Waals surface area contributed by atoms with E-state index in [9.17, 15) is 4.79 Å². The molecule has 31 heavy (non-hydrogen) atoms. The van der Waals surface area contributed by atoms with Crippen LogP contribution < -0.4 is 16.0 Å². The lowest BCUT2D eigenvalue weighted by molar-refractivity contribution is 0.102. The van der Waals surface area contributed by atoms with Crippen molar-refractivity contribution < 1.29 is 9.21 Å². The minimum absolute atomic E-state index is 0.219. The molecule has 6 bridgehead atoms. The van der Waals surface area contributed by atoms with Crippen molar-refractivity contribution in [3.05, 3.63) is 89.0 Å². The smallest absolute Gasteiger partial charge is 0.258 e. The van der Waals surface area contributed by atoms with E-state index in [1.165, 1.54) is 12.5 Å². The molecule has 7 nitrogen and oxygen atoms in total. The second kappa shape index (κ2) is 8.12. The van der Waals surface area contributed by atoms with Crippen molar-refractivity contribution in [2.24, 2.45) is 0 Å². The highest BCUT2D eigenvalue weighted by molar-refractivity contribution is 6.32. The number of benzene rings is 2. The van der Waals surface area contributed by atoms with Crippen molar-refractivity contribution in [2.75, 3.05) is 16.0 Å². The van der Waals surface area contributed by atoms with E-state index in [0.29, 0.717) is 22.4 Å². The zero-order valence-corrected chi connectivity index (χ0v) is 17.1. The number of furan rings is 1. The molecule has 0 spiro atoms. The maximum atomic E-state index is 12.5. The fourth-order valence-corrected chi connectivity index (χ4v) is 3.59. The number of fused-ring (bicyclic) bond motifs is 6. The Hall–Kier alpha value is -3.84. The molecule has 0 saturated heterocycles. The van der Waals surface area contributed by atoms with Crippen LogP contribution in [0.2, 0.25) is 5.02 Å². The van der Waals surface area contributed by atoms with Gasteiger partial charge in [0.1, 0.15) is 11.3 Å². The fourth-order valence-electron chi connectivity index (χ4n) is 3.45. The number of halogens is 1. The SMILES string of the molecule is O=C(Nc1ccc2cc1CCc1cccc(c1)Nc1ncc(Cl)c(n1)N2)c1ccoc1. The summed E-state index contributed by atoms with van der Waals surface area (Å²) in [6.07, 6.45) is 5.99. The molecule has 1 amide bonds. The highest BCUT2D eigenvalue weighted by Gasteiger charge is 2.14. The number of carbonyl (C=O) groups is 1. The highest BCUT2D eigenvalue weighted by atomic mass is 35.5. The largest absolute Gasteiger partial charge is 0.472 e. The van der Waals surface area contributed by atoms with Gasteiger partial charge in [0.25, 0.3) is 5.91 Å². The molecule has 2 aromatic carbocycles. The molecule has 154 valence electrons. The lowest BCUT2D eigenvalue weighted by Gasteiger charge is -2.14. The number of amides is 1. The van der Waals surface area contributed by atoms with E-state index in [1.807, 2.05) is 30.3 Å². The zero-order valence-electron chi connectivity index (χ0n) is 16.4. The number of rotatable bonds is 2. The Labute approximate surface area is 183 Å². The number of nitrogens with one attached hydrogen (secondary N) is 3. The van der Waals surface area contributed by atoms with Crippen molar-refractivity contribution in [1.29, 1.82) is 0 Å². The molecule has 0 saturated carbocycles. The van der Waals surface area contributed by atoms with Crippen LogP contribution in [0.25, 0.3) is 0 Å². The number of hydrogen-bond donors (Lipinski definition) is 3. The van der Waals surface area contributed by atoms with Crippen LogP contribution in [0.15, 0.2) is 71.7 Å². The van der Waals surface area contributed by atoms with E-state index in [-0.39, 0.29) is 5.91 Å². The van der Waals surface area contributed by atoms with E-state index < -0.39 is 0 Å². The third-order valence-electron chi connectivity index (χ3n) is 5.01. The predicted octanol–water partition coefficient (Wildman–Crippen LogP) is 5.56. The molecule has 5 rings (SSSR count). The maximum Gasteiger partial charge on any atom is 0.258 e. The van der Waals surface area contributed by atoms with E-state index in [4.69, 9.17) is 16.0 Å². The summed E-state index contributed by atoms with van der Waals surface area (Å²) in [5, 5.41) is 9.87. The molecule has 2 aromatic heterocycles. The first kappa shape index (κ1) is 19.1. The Morgan fingerprint density at radius 2 is 1.97 bits per heavy atom. The highest BCUT2D eigenvalue weighted by Crippen LogP contribution is 2.29. The normalized spacial score (nSPS) is 12.4. The molecule has 0 unspecified atom stereocenters. The van der Waals surface area contributed by atoms with Crippen LogP contribution in [0, 0.1) is 0 Å². The maximum absolute atomic E-state index is 12.5. The average Bonchev–Trinajstić information content (AvgIpc) is 3.31. The molecular formula is C23H18ClN5O2. The van der Waals surface area contributed by atoms with Crippen molar-refractivity contribution in [3.63, 3.8) is 0 Å². The Balaban J connectivity index is 1.54. The molecule has 1 aliphatic heterocycles. The van der Waals surface area contributed by atoms with Crippen LogP contribution in [-0.4, -0.2) is 15.9 Å². The first-order valence-electron chi connectivity index (χ1n) is 9.76. The van der Waals surface area contributed by atoms with Gasteiger partial charge in [0.2, 0.25) is 5.95 Å². The van der Waals surface area contributed by atoms with Gasteiger partial charge in [-0.1, -0.05) is 23.7 Å². The summed E-state index contributed by atoms with van der Waals surface area (Å²) in [4.78, 5) is 21.3. The van der Waals surface area contributed by atoms with Crippen LogP contribution in [0.5, 0.6) is 0 Å². The molecule has 8 heteroatoms. The van der Waals surface area contributed by atoms with Crippen molar-refractivity contribution in [1.82, 2.24) is 9.97 Å². The third kappa shape index (κ3) is 4.22. The van der Waals surface area contributed by atoms with Crippen LogP contribution in [0.4, 0.5) is 28.8 Å². The van der Waals surface area contributed by atoms with Gasteiger partial charge in [0.15, 0.2) is 5.82 Å². The number of hydrogen-bond acceptors (Lipinski definition) is 6. The second-order valence-electron chi connectivity index (χ2n) is 7.18. The second-order valence-corrected chi connectivity index (χ2v) is 7.59. The Morgan fingerprint density at radius 1 is 1.06 bits per heavy atom. The molecule has 0 fully saturated rings. The van der Waals surface area contributed by atoms with Gasteiger partial charge in [0, 0.05) is 17.1 Å². The lowest BCUT2D eigenvalue weighted by Crippen LogP contribution is -2.13. The van der Waals surface area contributed by atoms with E-state index in [1.54, 1.807) is 12.3 Å².